The van der Waals surface area contributed by atoms with Crippen LogP contribution in [0.2, 0.25) is 0 Å². The molecule has 0 aliphatic heterocycles. The molecule has 0 aliphatic carbocycles. The summed E-state index contributed by atoms with van der Waals surface area (Å²) in [5.41, 5.74) is -0.349. The monoisotopic (exact) mass is 142 g/mol. The van der Waals surface area contributed by atoms with Crippen molar-refractivity contribution in [3.8, 4) is 11.8 Å². The second kappa shape index (κ2) is 4.32. The van der Waals surface area contributed by atoms with Crippen LogP contribution in [-0.2, 0) is 9.47 Å². The van der Waals surface area contributed by atoms with E-state index in [1.165, 1.54) is 0 Å². The molecule has 58 valence electrons. The standard InChI is InChI=1S/C8H14O2/c1-8(2,10-4)6-5-7-9-3/h7H2,1-4H3. The Kier molecular flexibility index (Phi) is 4.10. The molecule has 0 saturated heterocycles. The van der Waals surface area contributed by atoms with Gasteiger partial charge in [-0.05, 0) is 13.8 Å². The summed E-state index contributed by atoms with van der Waals surface area (Å²) in [5, 5.41) is 0. The highest BCUT2D eigenvalue weighted by atomic mass is 16.5. The number of ether oxygens (including phenoxy) is 2. The molecule has 10 heavy (non-hydrogen) atoms. The molecule has 0 fully saturated rings. The largest absolute Gasteiger partial charge is 0.372 e. The Balaban J connectivity index is 3.77. The molecule has 0 amide bonds. The van der Waals surface area contributed by atoms with Crippen molar-refractivity contribution in [2.45, 2.75) is 19.4 Å². The molecule has 0 atom stereocenters. The molecule has 0 radical (unpaired) electrons. The Morgan fingerprint density at radius 3 is 2.30 bits per heavy atom. The lowest BCUT2D eigenvalue weighted by molar-refractivity contribution is 0.0738. The Morgan fingerprint density at radius 1 is 1.30 bits per heavy atom. The van der Waals surface area contributed by atoms with Crippen LogP contribution in [0.15, 0.2) is 0 Å². The Labute approximate surface area is 62.5 Å². The fraction of sp³-hybridized carbons (Fsp3) is 0.750. The zero-order chi connectivity index (χ0) is 8.04. The fourth-order valence-corrected chi connectivity index (χ4v) is 0.372. The van der Waals surface area contributed by atoms with Crippen LogP contribution < -0.4 is 0 Å². The van der Waals surface area contributed by atoms with Crippen molar-refractivity contribution < 1.29 is 9.47 Å². The summed E-state index contributed by atoms with van der Waals surface area (Å²) in [6.45, 7) is 4.29. The third kappa shape index (κ3) is 4.37. The van der Waals surface area contributed by atoms with Gasteiger partial charge in [-0.1, -0.05) is 11.8 Å². The van der Waals surface area contributed by atoms with E-state index in [0.29, 0.717) is 6.61 Å². The van der Waals surface area contributed by atoms with Crippen LogP contribution in [0.4, 0.5) is 0 Å². The first-order valence-electron chi connectivity index (χ1n) is 3.16. The average Bonchev–Trinajstić information content (AvgIpc) is 1.89. The maximum absolute atomic E-state index is 5.06. The summed E-state index contributed by atoms with van der Waals surface area (Å²) < 4.78 is 9.81. The van der Waals surface area contributed by atoms with Gasteiger partial charge >= 0.3 is 0 Å². The molecule has 0 heterocycles. The molecule has 0 spiro atoms. The molecule has 0 rings (SSSR count). The van der Waals surface area contributed by atoms with E-state index in [1.54, 1.807) is 14.2 Å². The normalized spacial score (nSPS) is 10.4. The molecular formula is C8H14O2. The van der Waals surface area contributed by atoms with E-state index >= 15 is 0 Å². The van der Waals surface area contributed by atoms with Crippen molar-refractivity contribution in [3.63, 3.8) is 0 Å². The summed E-state index contributed by atoms with van der Waals surface area (Å²) in [6.07, 6.45) is 0. The van der Waals surface area contributed by atoms with Gasteiger partial charge in [0.05, 0.1) is 0 Å². The summed E-state index contributed by atoms with van der Waals surface area (Å²) in [7, 11) is 3.26. The van der Waals surface area contributed by atoms with Gasteiger partial charge in [0.2, 0.25) is 0 Å². The second-order valence-corrected chi connectivity index (χ2v) is 2.45. The highest BCUT2D eigenvalue weighted by Gasteiger charge is 2.10. The van der Waals surface area contributed by atoms with Crippen LogP contribution in [0.3, 0.4) is 0 Å². The van der Waals surface area contributed by atoms with Gasteiger partial charge in [-0.3, -0.25) is 0 Å². The predicted molar refractivity (Wildman–Crippen MR) is 40.7 cm³/mol. The van der Waals surface area contributed by atoms with E-state index in [9.17, 15) is 0 Å². The predicted octanol–water partition coefficient (Wildman–Crippen LogP) is 1.06. The van der Waals surface area contributed by atoms with Crippen molar-refractivity contribution in [2.75, 3.05) is 20.8 Å². The molecule has 2 nitrogen and oxygen atoms in total. The molecule has 0 saturated carbocycles. The Hall–Kier alpha value is -0.520. The first kappa shape index (κ1) is 9.48. The zero-order valence-electron chi connectivity index (χ0n) is 7.02. The SMILES string of the molecule is COCC#CC(C)(C)OC. The molecule has 0 aliphatic rings. The summed E-state index contributed by atoms with van der Waals surface area (Å²) in [5.74, 6) is 5.74. The third-order valence-corrected chi connectivity index (χ3v) is 1.12. The number of hydrogen-bond donors (Lipinski definition) is 0. The van der Waals surface area contributed by atoms with E-state index < -0.39 is 0 Å². The van der Waals surface area contributed by atoms with Crippen LogP contribution >= 0.6 is 0 Å². The number of hydrogen-bond acceptors (Lipinski definition) is 2. The minimum atomic E-state index is -0.349. The summed E-state index contributed by atoms with van der Waals surface area (Å²) >= 11 is 0. The van der Waals surface area contributed by atoms with Gasteiger partial charge in [-0.2, -0.15) is 0 Å². The lowest BCUT2D eigenvalue weighted by Gasteiger charge is -2.13. The maximum Gasteiger partial charge on any atom is 0.122 e. The van der Waals surface area contributed by atoms with Crippen molar-refractivity contribution >= 4 is 0 Å². The molecule has 0 aromatic heterocycles. The van der Waals surface area contributed by atoms with Crippen molar-refractivity contribution in [1.29, 1.82) is 0 Å². The van der Waals surface area contributed by atoms with E-state index in [4.69, 9.17) is 9.47 Å². The highest BCUT2D eigenvalue weighted by Crippen LogP contribution is 2.03. The first-order chi connectivity index (χ1) is 4.62. The third-order valence-electron chi connectivity index (χ3n) is 1.12. The zero-order valence-corrected chi connectivity index (χ0v) is 7.02. The van der Waals surface area contributed by atoms with Crippen LogP contribution in [-0.4, -0.2) is 26.4 Å². The average molecular weight is 142 g/mol. The minimum absolute atomic E-state index is 0.349. The van der Waals surface area contributed by atoms with Crippen LogP contribution in [0, 0.1) is 11.8 Å². The lowest BCUT2D eigenvalue weighted by Crippen LogP contribution is -2.19. The van der Waals surface area contributed by atoms with Crippen molar-refractivity contribution in [3.05, 3.63) is 0 Å². The van der Waals surface area contributed by atoms with Crippen LogP contribution in [0.25, 0.3) is 0 Å². The Morgan fingerprint density at radius 2 is 1.90 bits per heavy atom. The van der Waals surface area contributed by atoms with Crippen molar-refractivity contribution in [2.24, 2.45) is 0 Å². The molecule has 0 aromatic carbocycles. The van der Waals surface area contributed by atoms with E-state index in [2.05, 4.69) is 11.8 Å². The number of rotatable bonds is 2. The van der Waals surface area contributed by atoms with Gasteiger partial charge in [-0.25, -0.2) is 0 Å². The van der Waals surface area contributed by atoms with Gasteiger partial charge in [0.25, 0.3) is 0 Å². The van der Waals surface area contributed by atoms with Gasteiger partial charge in [0, 0.05) is 14.2 Å². The quantitative estimate of drug-likeness (QED) is 0.537. The molecule has 0 aromatic rings. The van der Waals surface area contributed by atoms with E-state index in [-0.39, 0.29) is 5.60 Å². The highest BCUT2D eigenvalue weighted by molar-refractivity contribution is 5.10. The summed E-state index contributed by atoms with van der Waals surface area (Å²) in [4.78, 5) is 0. The van der Waals surface area contributed by atoms with Gasteiger partial charge in [0.15, 0.2) is 0 Å². The van der Waals surface area contributed by atoms with Gasteiger partial charge in [-0.15, -0.1) is 0 Å². The second-order valence-electron chi connectivity index (χ2n) is 2.45. The fourth-order valence-electron chi connectivity index (χ4n) is 0.372. The summed E-state index contributed by atoms with van der Waals surface area (Å²) in [6, 6.07) is 0. The molecule has 0 unspecified atom stereocenters. The van der Waals surface area contributed by atoms with Crippen LogP contribution in [0.5, 0.6) is 0 Å². The molecule has 0 bridgehead atoms. The van der Waals surface area contributed by atoms with Crippen molar-refractivity contribution in [1.82, 2.24) is 0 Å². The number of methoxy groups -OCH3 is 2. The minimum Gasteiger partial charge on any atom is -0.372 e. The molecular weight excluding hydrogens is 128 g/mol. The first-order valence-corrected chi connectivity index (χ1v) is 3.16. The molecule has 2 heteroatoms. The van der Waals surface area contributed by atoms with Crippen LogP contribution in [0.1, 0.15) is 13.8 Å². The van der Waals surface area contributed by atoms with E-state index in [0.717, 1.165) is 0 Å². The Bertz CT molecular complexity index is 139. The van der Waals surface area contributed by atoms with Gasteiger partial charge in [0.1, 0.15) is 12.2 Å². The van der Waals surface area contributed by atoms with E-state index in [1.807, 2.05) is 13.8 Å². The maximum atomic E-state index is 5.06. The van der Waals surface area contributed by atoms with Gasteiger partial charge < -0.3 is 9.47 Å². The molecule has 0 N–H and O–H groups in total. The smallest absolute Gasteiger partial charge is 0.122 e. The lowest BCUT2D eigenvalue weighted by atomic mass is 10.1. The topological polar surface area (TPSA) is 18.5 Å².